The largest absolute Gasteiger partial charge is 0.392 e. The van der Waals surface area contributed by atoms with Gasteiger partial charge in [-0.15, -0.1) is 0 Å². The first-order chi connectivity index (χ1) is 10.6. The monoisotopic (exact) mass is 302 g/mol. The van der Waals surface area contributed by atoms with Gasteiger partial charge in [0.15, 0.2) is 0 Å². The zero-order chi connectivity index (χ0) is 15.8. The number of aliphatic hydroxyl groups is 1. The van der Waals surface area contributed by atoms with Crippen molar-refractivity contribution in [2.75, 3.05) is 39.8 Å². The van der Waals surface area contributed by atoms with E-state index in [0.717, 1.165) is 32.1 Å². The van der Waals surface area contributed by atoms with Crippen molar-refractivity contribution in [3.63, 3.8) is 0 Å². The second-order valence-corrected chi connectivity index (χ2v) is 6.63. The Balaban J connectivity index is 1.65. The molecule has 3 nitrogen and oxygen atoms in total. The van der Waals surface area contributed by atoms with Crippen molar-refractivity contribution in [3.05, 3.63) is 42.0 Å². The lowest BCUT2D eigenvalue weighted by molar-refractivity contribution is 0.0936. The summed E-state index contributed by atoms with van der Waals surface area (Å²) in [5.74, 6) is 0.792. The predicted octanol–water partition coefficient (Wildman–Crippen LogP) is 2.72. The first-order valence-corrected chi connectivity index (χ1v) is 8.44. The molecule has 0 spiro atoms. The van der Waals surface area contributed by atoms with Gasteiger partial charge in [0.2, 0.25) is 0 Å². The van der Waals surface area contributed by atoms with Gasteiger partial charge < -0.3 is 14.9 Å². The SMILES string of the molecule is C[C@H](O)CN1CCC(CN(C)C/C=C/c2ccccc2)CC1. The fraction of sp³-hybridized carbons (Fsp3) is 0.579. The minimum Gasteiger partial charge on any atom is -0.392 e. The molecule has 1 heterocycles. The maximum absolute atomic E-state index is 9.45. The molecule has 22 heavy (non-hydrogen) atoms. The van der Waals surface area contributed by atoms with Crippen LogP contribution in [0.25, 0.3) is 6.08 Å². The molecule has 1 aliphatic rings. The zero-order valence-electron chi connectivity index (χ0n) is 14.0. The average Bonchev–Trinajstić information content (AvgIpc) is 2.50. The average molecular weight is 302 g/mol. The van der Waals surface area contributed by atoms with Gasteiger partial charge in [0, 0.05) is 19.6 Å². The Morgan fingerprint density at radius 2 is 1.95 bits per heavy atom. The normalized spacial score (nSPS) is 19.1. The highest BCUT2D eigenvalue weighted by Gasteiger charge is 2.20. The molecule has 1 saturated heterocycles. The Bertz CT molecular complexity index is 436. The minimum atomic E-state index is -0.206. The van der Waals surface area contributed by atoms with Gasteiger partial charge in [-0.3, -0.25) is 0 Å². The van der Waals surface area contributed by atoms with Gasteiger partial charge in [0.1, 0.15) is 0 Å². The quantitative estimate of drug-likeness (QED) is 0.839. The van der Waals surface area contributed by atoms with Gasteiger partial charge in [-0.2, -0.15) is 0 Å². The van der Waals surface area contributed by atoms with Crippen LogP contribution in [0.2, 0.25) is 0 Å². The third-order valence-corrected chi connectivity index (χ3v) is 4.33. The summed E-state index contributed by atoms with van der Waals surface area (Å²) in [6.07, 6.45) is 6.74. The van der Waals surface area contributed by atoms with E-state index in [0.29, 0.717) is 0 Å². The summed E-state index contributed by atoms with van der Waals surface area (Å²) in [6.45, 7) is 7.12. The number of hydrogen-bond acceptors (Lipinski definition) is 3. The number of benzene rings is 1. The highest BCUT2D eigenvalue weighted by Crippen LogP contribution is 2.18. The number of likely N-dealkylation sites (tertiary alicyclic amines) is 1. The lowest BCUT2D eigenvalue weighted by atomic mass is 9.96. The van der Waals surface area contributed by atoms with E-state index in [-0.39, 0.29) is 6.10 Å². The van der Waals surface area contributed by atoms with E-state index in [2.05, 4.69) is 53.3 Å². The molecule has 0 bridgehead atoms. The first-order valence-electron chi connectivity index (χ1n) is 8.44. The summed E-state index contributed by atoms with van der Waals surface area (Å²) in [4.78, 5) is 4.80. The molecule has 2 rings (SSSR count). The van der Waals surface area contributed by atoms with E-state index in [1.54, 1.807) is 0 Å². The highest BCUT2D eigenvalue weighted by atomic mass is 16.3. The van der Waals surface area contributed by atoms with Crippen LogP contribution in [-0.4, -0.2) is 60.8 Å². The number of likely N-dealkylation sites (N-methyl/N-ethyl adjacent to an activating group) is 1. The Morgan fingerprint density at radius 1 is 1.27 bits per heavy atom. The predicted molar refractivity (Wildman–Crippen MR) is 93.8 cm³/mol. The first kappa shape index (κ1) is 17.2. The summed E-state index contributed by atoms with van der Waals surface area (Å²) in [7, 11) is 2.21. The van der Waals surface area contributed by atoms with Crippen LogP contribution < -0.4 is 0 Å². The van der Waals surface area contributed by atoms with Crippen LogP contribution in [0.4, 0.5) is 0 Å². The van der Waals surface area contributed by atoms with Crippen LogP contribution in [0, 0.1) is 5.92 Å². The molecule has 3 heteroatoms. The van der Waals surface area contributed by atoms with Crippen LogP contribution in [-0.2, 0) is 0 Å². The van der Waals surface area contributed by atoms with E-state index in [9.17, 15) is 5.11 Å². The van der Waals surface area contributed by atoms with Crippen molar-refractivity contribution in [2.24, 2.45) is 5.92 Å². The van der Waals surface area contributed by atoms with E-state index >= 15 is 0 Å². The summed E-state index contributed by atoms with van der Waals surface area (Å²) >= 11 is 0. The van der Waals surface area contributed by atoms with E-state index in [1.165, 1.54) is 24.9 Å². The molecule has 1 aromatic carbocycles. The smallest absolute Gasteiger partial charge is 0.0639 e. The van der Waals surface area contributed by atoms with Crippen LogP contribution >= 0.6 is 0 Å². The lowest BCUT2D eigenvalue weighted by Crippen LogP contribution is -2.40. The molecular weight excluding hydrogens is 272 g/mol. The Labute approximate surface area is 135 Å². The van der Waals surface area contributed by atoms with Gasteiger partial charge in [0.05, 0.1) is 6.10 Å². The van der Waals surface area contributed by atoms with E-state index < -0.39 is 0 Å². The second-order valence-electron chi connectivity index (χ2n) is 6.63. The van der Waals surface area contributed by atoms with Gasteiger partial charge in [-0.1, -0.05) is 42.5 Å². The minimum absolute atomic E-state index is 0.206. The van der Waals surface area contributed by atoms with Crippen LogP contribution in [0.5, 0.6) is 0 Å². The molecule has 1 fully saturated rings. The van der Waals surface area contributed by atoms with Crippen molar-refractivity contribution in [2.45, 2.75) is 25.9 Å². The number of rotatable bonds is 7. The molecule has 1 N–H and O–H groups in total. The third kappa shape index (κ3) is 6.30. The van der Waals surface area contributed by atoms with Gasteiger partial charge in [-0.25, -0.2) is 0 Å². The maximum Gasteiger partial charge on any atom is 0.0639 e. The summed E-state index contributed by atoms with van der Waals surface area (Å²) in [6, 6.07) is 10.5. The van der Waals surface area contributed by atoms with Gasteiger partial charge in [0.25, 0.3) is 0 Å². The Hall–Kier alpha value is -1.16. The number of piperidine rings is 1. The maximum atomic E-state index is 9.45. The Kier molecular flexibility index (Phi) is 7.10. The number of aliphatic hydroxyl groups excluding tert-OH is 1. The number of hydrogen-bond donors (Lipinski definition) is 1. The Morgan fingerprint density at radius 3 is 2.59 bits per heavy atom. The third-order valence-electron chi connectivity index (χ3n) is 4.33. The molecule has 1 atom stereocenters. The molecule has 0 radical (unpaired) electrons. The van der Waals surface area contributed by atoms with Gasteiger partial charge in [-0.05, 0) is 51.4 Å². The topological polar surface area (TPSA) is 26.7 Å². The molecule has 1 aliphatic heterocycles. The lowest BCUT2D eigenvalue weighted by Gasteiger charge is -2.34. The summed E-state index contributed by atoms with van der Waals surface area (Å²) in [5, 5.41) is 9.45. The number of β-amino-alcohol motifs (C(OH)–C–C–N with tert-alkyl or cyclic N) is 1. The molecule has 0 saturated carbocycles. The zero-order valence-corrected chi connectivity index (χ0v) is 14.0. The standard InChI is InChI=1S/C19H30N2O/c1-17(22)15-21-13-10-19(11-14-21)16-20(2)12-6-9-18-7-4-3-5-8-18/h3-9,17,19,22H,10-16H2,1-2H3/b9-6+/t17-/m0/s1. The van der Waals surface area contributed by atoms with Crippen LogP contribution in [0.15, 0.2) is 36.4 Å². The molecule has 0 unspecified atom stereocenters. The van der Waals surface area contributed by atoms with Crippen molar-refractivity contribution >= 4 is 6.08 Å². The van der Waals surface area contributed by atoms with E-state index in [4.69, 9.17) is 0 Å². The van der Waals surface area contributed by atoms with Crippen molar-refractivity contribution in [1.82, 2.24) is 9.80 Å². The molecule has 0 aromatic heterocycles. The fourth-order valence-corrected chi connectivity index (χ4v) is 3.17. The van der Waals surface area contributed by atoms with E-state index in [1.807, 2.05) is 13.0 Å². The molecule has 0 amide bonds. The fourth-order valence-electron chi connectivity index (χ4n) is 3.17. The van der Waals surface area contributed by atoms with Gasteiger partial charge >= 0.3 is 0 Å². The number of nitrogens with zero attached hydrogens (tertiary/aromatic N) is 2. The van der Waals surface area contributed by atoms with Crippen molar-refractivity contribution < 1.29 is 5.11 Å². The highest BCUT2D eigenvalue weighted by molar-refractivity contribution is 5.48. The van der Waals surface area contributed by atoms with Crippen molar-refractivity contribution in [3.8, 4) is 0 Å². The molecule has 122 valence electrons. The molecule has 0 aliphatic carbocycles. The molecular formula is C19H30N2O. The second kappa shape index (κ2) is 9.09. The van der Waals surface area contributed by atoms with Crippen LogP contribution in [0.1, 0.15) is 25.3 Å². The summed E-state index contributed by atoms with van der Waals surface area (Å²) < 4.78 is 0. The summed E-state index contributed by atoms with van der Waals surface area (Å²) in [5.41, 5.74) is 1.27. The van der Waals surface area contributed by atoms with Crippen molar-refractivity contribution in [1.29, 1.82) is 0 Å². The van der Waals surface area contributed by atoms with Crippen LogP contribution in [0.3, 0.4) is 0 Å². The molecule has 1 aromatic rings.